The van der Waals surface area contributed by atoms with Crippen LogP contribution in [-0.2, 0) is 4.79 Å². The molecule has 0 heterocycles. The van der Waals surface area contributed by atoms with Crippen molar-refractivity contribution in [1.29, 1.82) is 5.26 Å². The van der Waals surface area contributed by atoms with Gasteiger partial charge in [0.1, 0.15) is 0 Å². The first kappa shape index (κ1) is 12.0. The zero-order chi connectivity index (χ0) is 12.1. The molecule has 0 spiro atoms. The average Bonchev–Trinajstić information content (AvgIpc) is 2.25. The zero-order valence-corrected chi connectivity index (χ0v) is 8.73. The normalized spacial score (nSPS) is 9.44. The number of carbonyl (C=O) groups is 1. The molecule has 0 atom stereocenters. The van der Waals surface area contributed by atoms with Crippen LogP contribution in [0.4, 0.5) is 5.69 Å². The Kier molecular flexibility index (Phi) is 3.85. The van der Waals surface area contributed by atoms with Gasteiger partial charge in [0, 0.05) is 6.07 Å². The Balaban J connectivity index is 3.06. The monoisotopic (exact) mass is 238 g/mol. The molecule has 6 nitrogen and oxygen atoms in total. The molecule has 0 saturated heterocycles. The van der Waals surface area contributed by atoms with Crippen molar-refractivity contribution < 1.29 is 14.8 Å². The molecule has 0 radical (unpaired) electrons. The van der Waals surface area contributed by atoms with Gasteiger partial charge in [0.15, 0.2) is 0 Å². The number of carboxylic acid groups (broad SMARTS) is 1. The van der Waals surface area contributed by atoms with E-state index in [0.29, 0.717) is 0 Å². The molecule has 1 N–H and O–H groups in total. The number of carboxylic acids is 1. The molecule has 1 rings (SSSR count). The summed E-state index contributed by atoms with van der Waals surface area (Å²) in [6, 6.07) is 5.67. The van der Waals surface area contributed by atoms with Crippen molar-refractivity contribution in [1.82, 2.24) is 0 Å². The number of hydrogen-bond acceptors (Lipinski definition) is 5. The minimum absolute atomic E-state index is 0.187. The van der Waals surface area contributed by atoms with E-state index >= 15 is 0 Å². The van der Waals surface area contributed by atoms with Gasteiger partial charge in [-0.25, -0.2) is 0 Å². The number of rotatable bonds is 4. The van der Waals surface area contributed by atoms with Crippen molar-refractivity contribution in [3.8, 4) is 6.07 Å². The molecule has 0 aliphatic carbocycles. The third-order valence-electron chi connectivity index (χ3n) is 1.64. The first-order chi connectivity index (χ1) is 7.54. The molecule has 0 unspecified atom stereocenters. The first-order valence-electron chi connectivity index (χ1n) is 4.07. The summed E-state index contributed by atoms with van der Waals surface area (Å²) in [5.74, 6) is -1.35. The van der Waals surface area contributed by atoms with E-state index < -0.39 is 10.9 Å². The van der Waals surface area contributed by atoms with E-state index in [9.17, 15) is 14.9 Å². The Morgan fingerprint density at radius 3 is 2.81 bits per heavy atom. The van der Waals surface area contributed by atoms with Crippen LogP contribution in [0.15, 0.2) is 23.1 Å². The maximum absolute atomic E-state index is 10.6. The molecular weight excluding hydrogens is 232 g/mol. The number of nitrogens with zero attached hydrogens (tertiary/aromatic N) is 2. The molecule has 0 saturated carbocycles. The van der Waals surface area contributed by atoms with Crippen molar-refractivity contribution in [3.63, 3.8) is 0 Å². The number of thioether (sulfide) groups is 1. The molecule has 0 aliphatic heterocycles. The highest BCUT2D eigenvalue weighted by molar-refractivity contribution is 8.00. The summed E-state index contributed by atoms with van der Waals surface area (Å²) < 4.78 is 0. The Hall–Kier alpha value is -2.07. The van der Waals surface area contributed by atoms with Crippen molar-refractivity contribution in [2.45, 2.75) is 4.90 Å². The lowest BCUT2D eigenvalue weighted by Gasteiger charge is -2.00. The molecule has 0 fully saturated rings. The van der Waals surface area contributed by atoms with Gasteiger partial charge in [-0.05, 0) is 12.1 Å². The van der Waals surface area contributed by atoms with Crippen molar-refractivity contribution in [2.24, 2.45) is 0 Å². The number of benzene rings is 1. The van der Waals surface area contributed by atoms with E-state index in [1.54, 1.807) is 0 Å². The van der Waals surface area contributed by atoms with Crippen LogP contribution in [0, 0.1) is 21.4 Å². The SMILES string of the molecule is N#Cc1ccc([N+](=O)[O-])c(SCC(=O)O)c1. The third-order valence-corrected chi connectivity index (χ3v) is 2.67. The van der Waals surface area contributed by atoms with Crippen LogP contribution in [0.25, 0.3) is 0 Å². The van der Waals surface area contributed by atoms with Gasteiger partial charge in [0.2, 0.25) is 0 Å². The van der Waals surface area contributed by atoms with Crippen molar-refractivity contribution in [2.75, 3.05) is 5.75 Å². The fourth-order valence-corrected chi connectivity index (χ4v) is 1.77. The van der Waals surface area contributed by atoms with Gasteiger partial charge in [0.25, 0.3) is 5.69 Å². The minimum Gasteiger partial charge on any atom is -0.481 e. The number of nitriles is 1. The van der Waals surface area contributed by atoms with E-state index in [4.69, 9.17) is 10.4 Å². The second-order valence-corrected chi connectivity index (χ2v) is 3.75. The number of nitro benzene ring substituents is 1. The highest BCUT2D eigenvalue weighted by atomic mass is 32.2. The quantitative estimate of drug-likeness (QED) is 0.485. The largest absolute Gasteiger partial charge is 0.481 e. The summed E-state index contributed by atoms with van der Waals surface area (Å²) >= 11 is 0.821. The summed E-state index contributed by atoms with van der Waals surface area (Å²) in [7, 11) is 0. The molecule has 0 aliphatic rings. The predicted octanol–water partition coefficient (Wildman–Crippen LogP) is 1.64. The first-order valence-corrected chi connectivity index (χ1v) is 5.06. The molecule has 0 amide bonds. The average molecular weight is 238 g/mol. The van der Waals surface area contributed by atoms with E-state index in [0.717, 1.165) is 11.8 Å². The fourth-order valence-electron chi connectivity index (χ4n) is 0.990. The van der Waals surface area contributed by atoms with Gasteiger partial charge >= 0.3 is 5.97 Å². The smallest absolute Gasteiger partial charge is 0.313 e. The van der Waals surface area contributed by atoms with Gasteiger partial charge in [-0.1, -0.05) is 0 Å². The Labute approximate surface area is 94.7 Å². The van der Waals surface area contributed by atoms with Crippen LogP contribution in [0.5, 0.6) is 0 Å². The fraction of sp³-hybridized carbons (Fsp3) is 0.111. The summed E-state index contributed by atoms with van der Waals surface area (Å²) in [5, 5.41) is 27.7. The topological polar surface area (TPSA) is 104 Å². The Morgan fingerprint density at radius 2 is 2.31 bits per heavy atom. The molecule has 7 heteroatoms. The highest BCUT2D eigenvalue weighted by Gasteiger charge is 2.15. The maximum Gasteiger partial charge on any atom is 0.313 e. The van der Waals surface area contributed by atoms with Crippen LogP contribution in [0.1, 0.15) is 5.56 Å². The van der Waals surface area contributed by atoms with E-state index in [1.807, 2.05) is 6.07 Å². The summed E-state index contributed by atoms with van der Waals surface area (Å²) in [5.41, 5.74) is 0.0729. The maximum atomic E-state index is 10.6. The van der Waals surface area contributed by atoms with Crippen LogP contribution in [0.2, 0.25) is 0 Å². The standard InChI is InChI=1S/C9H6N2O4S/c10-4-6-1-2-7(11(14)15)8(3-6)16-5-9(12)13/h1-3H,5H2,(H,12,13). The zero-order valence-electron chi connectivity index (χ0n) is 7.91. The molecular formula is C9H6N2O4S. The van der Waals surface area contributed by atoms with Crippen LogP contribution >= 0.6 is 11.8 Å². The number of aliphatic carboxylic acids is 1. The number of nitro groups is 1. The molecule has 0 bridgehead atoms. The van der Waals surface area contributed by atoms with Gasteiger partial charge in [-0.2, -0.15) is 5.26 Å². The van der Waals surface area contributed by atoms with E-state index in [-0.39, 0.29) is 21.9 Å². The summed E-state index contributed by atoms with van der Waals surface area (Å²) in [6.07, 6.45) is 0. The van der Waals surface area contributed by atoms with Gasteiger partial charge in [-0.15, -0.1) is 11.8 Å². The van der Waals surface area contributed by atoms with Crippen LogP contribution in [0.3, 0.4) is 0 Å². The lowest BCUT2D eigenvalue weighted by Crippen LogP contribution is -1.99. The Bertz CT molecular complexity index is 481. The van der Waals surface area contributed by atoms with Crippen LogP contribution in [-0.4, -0.2) is 21.8 Å². The van der Waals surface area contributed by atoms with Gasteiger partial charge in [0.05, 0.1) is 27.2 Å². The van der Waals surface area contributed by atoms with Gasteiger partial charge in [-0.3, -0.25) is 14.9 Å². The molecule has 16 heavy (non-hydrogen) atoms. The van der Waals surface area contributed by atoms with E-state index in [1.165, 1.54) is 18.2 Å². The summed E-state index contributed by atoms with van der Waals surface area (Å²) in [4.78, 5) is 20.6. The Morgan fingerprint density at radius 1 is 1.62 bits per heavy atom. The highest BCUT2D eigenvalue weighted by Crippen LogP contribution is 2.29. The molecule has 82 valence electrons. The second-order valence-electron chi connectivity index (χ2n) is 2.73. The summed E-state index contributed by atoms with van der Waals surface area (Å²) in [6.45, 7) is 0. The third kappa shape index (κ3) is 2.96. The molecule has 1 aromatic rings. The second kappa shape index (κ2) is 5.14. The molecule has 1 aromatic carbocycles. The number of hydrogen-bond donors (Lipinski definition) is 1. The van der Waals surface area contributed by atoms with Gasteiger partial charge < -0.3 is 5.11 Å². The van der Waals surface area contributed by atoms with Crippen LogP contribution < -0.4 is 0 Å². The molecule has 0 aromatic heterocycles. The minimum atomic E-state index is -1.07. The lowest BCUT2D eigenvalue weighted by molar-refractivity contribution is -0.387. The predicted molar refractivity (Wildman–Crippen MR) is 56.2 cm³/mol. The van der Waals surface area contributed by atoms with Crippen molar-refractivity contribution in [3.05, 3.63) is 33.9 Å². The van der Waals surface area contributed by atoms with Crippen molar-refractivity contribution >= 4 is 23.4 Å². The van der Waals surface area contributed by atoms with E-state index in [2.05, 4.69) is 0 Å². The lowest BCUT2D eigenvalue weighted by atomic mass is 10.2.